The van der Waals surface area contributed by atoms with Crippen LogP contribution in [0.1, 0.15) is 33.6 Å². The minimum absolute atomic E-state index is 0.642. The van der Waals surface area contributed by atoms with Crippen LogP contribution in [0.4, 0.5) is 0 Å². The number of hydrogen-bond acceptors (Lipinski definition) is 3. The fraction of sp³-hybridized carbons (Fsp3) is 0.917. The summed E-state index contributed by atoms with van der Waals surface area (Å²) in [5.74, 6) is 0.662. The first-order valence-electron chi connectivity index (χ1n) is 6.04. The average Bonchev–Trinajstić information content (AvgIpc) is 2.24. The minimum Gasteiger partial charge on any atom is -0.316 e. The van der Waals surface area contributed by atoms with E-state index in [9.17, 15) is 0 Å². The Kier molecular flexibility index (Phi) is 9.55. The fourth-order valence-electron chi connectivity index (χ4n) is 1.62. The zero-order chi connectivity index (χ0) is 11.5. The lowest BCUT2D eigenvalue weighted by atomic mass is 10.1. The van der Waals surface area contributed by atoms with Gasteiger partial charge in [-0.15, -0.1) is 0 Å². The first kappa shape index (κ1) is 14.4. The predicted octanol–water partition coefficient (Wildman–Crippen LogP) is 1.86. The van der Waals surface area contributed by atoms with Gasteiger partial charge in [0.05, 0.1) is 6.07 Å². The van der Waals surface area contributed by atoms with E-state index in [0.29, 0.717) is 12.3 Å². The molecule has 0 spiro atoms. The van der Waals surface area contributed by atoms with E-state index in [1.807, 2.05) is 0 Å². The molecule has 3 heteroatoms. The van der Waals surface area contributed by atoms with Crippen molar-refractivity contribution < 1.29 is 0 Å². The summed E-state index contributed by atoms with van der Waals surface area (Å²) in [7, 11) is 0. The molecule has 0 aromatic heterocycles. The van der Waals surface area contributed by atoms with Crippen LogP contribution in [0.2, 0.25) is 0 Å². The predicted molar refractivity (Wildman–Crippen MR) is 64.7 cm³/mol. The lowest BCUT2D eigenvalue weighted by Gasteiger charge is -2.23. The molecule has 0 saturated carbocycles. The van der Waals surface area contributed by atoms with Crippen LogP contribution in [0.15, 0.2) is 0 Å². The number of rotatable bonds is 9. The molecule has 0 aromatic rings. The molecule has 0 rings (SSSR count). The summed E-state index contributed by atoms with van der Waals surface area (Å²) in [6.45, 7) is 11.8. The molecule has 0 heterocycles. The molecule has 88 valence electrons. The van der Waals surface area contributed by atoms with Crippen molar-refractivity contribution in [3.05, 3.63) is 0 Å². The van der Waals surface area contributed by atoms with E-state index in [4.69, 9.17) is 5.26 Å². The monoisotopic (exact) mass is 211 g/mol. The van der Waals surface area contributed by atoms with Crippen molar-refractivity contribution in [1.29, 1.82) is 5.26 Å². The Morgan fingerprint density at radius 3 is 2.67 bits per heavy atom. The van der Waals surface area contributed by atoms with Crippen molar-refractivity contribution in [1.82, 2.24) is 10.2 Å². The van der Waals surface area contributed by atoms with Gasteiger partial charge in [-0.3, -0.25) is 0 Å². The molecule has 15 heavy (non-hydrogen) atoms. The molecule has 0 fully saturated rings. The van der Waals surface area contributed by atoms with Gasteiger partial charge in [-0.1, -0.05) is 20.8 Å². The quantitative estimate of drug-likeness (QED) is 0.592. The summed E-state index contributed by atoms with van der Waals surface area (Å²) in [5.41, 5.74) is 0. The van der Waals surface area contributed by atoms with Crippen molar-refractivity contribution in [2.24, 2.45) is 5.92 Å². The summed E-state index contributed by atoms with van der Waals surface area (Å²) in [6, 6.07) is 2.20. The van der Waals surface area contributed by atoms with Gasteiger partial charge >= 0.3 is 0 Å². The molecule has 1 N–H and O–H groups in total. The normalized spacial score (nSPS) is 12.7. The molecular formula is C12H25N3. The topological polar surface area (TPSA) is 39.1 Å². The zero-order valence-corrected chi connectivity index (χ0v) is 10.4. The van der Waals surface area contributed by atoms with E-state index in [2.05, 4.69) is 37.1 Å². The van der Waals surface area contributed by atoms with Gasteiger partial charge in [-0.25, -0.2) is 0 Å². The lowest BCUT2D eigenvalue weighted by molar-refractivity contribution is 0.250. The van der Waals surface area contributed by atoms with Crippen LogP contribution in [0.5, 0.6) is 0 Å². The molecular weight excluding hydrogens is 186 g/mol. The molecule has 3 nitrogen and oxygen atoms in total. The van der Waals surface area contributed by atoms with E-state index in [-0.39, 0.29) is 0 Å². The second-order valence-electron chi connectivity index (χ2n) is 4.11. The average molecular weight is 211 g/mol. The summed E-state index contributed by atoms with van der Waals surface area (Å²) in [5, 5.41) is 12.0. The van der Waals surface area contributed by atoms with Crippen LogP contribution in [0.3, 0.4) is 0 Å². The molecule has 0 bridgehead atoms. The van der Waals surface area contributed by atoms with E-state index >= 15 is 0 Å². The molecule has 0 amide bonds. The van der Waals surface area contributed by atoms with Gasteiger partial charge in [0.25, 0.3) is 0 Å². The minimum atomic E-state index is 0.642. The second-order valence-corrected chi connectivity index (χ2v) is 4.11. The van der Waals surface area contributed by atoms with Crippen molar-refractivity contribution >= 4 is 0 Å². The third-order valence-corrected chi connectivity index (χ3v) is 2.48. The highest BCUT2D eigenvalue weighted by molar-refractivity contribution is 4.73. The highest BCUT2D eigenvalue weighted by Crippen LogP contribution is 1.99. The number of nitrogens with one attached hydrogen (secondary N) is 1. The van der Waals surface area contributed by atoms with Crippen LogP contribution in [0, 0.1) is 17.2 Å². The highest BCUT2D eigenvalue weighted by Gasteiger charge is 2.07. The maximum atomic E-state index is 8.53. The maximum absolute atomic E-state index is 8.53. The van der Waals surface area contributed by atoms with Crippen molar-refractivity contribution in [2.45, 2.75) is 33.6 Å². The molecule has 0 aliphatic rings. The van der Waals surface area contributed by atoms with Gasteiger partial charge in [0.2, 0.25) is 0 Å². The van der Waals surface area contributed by atoms with Gasteiger partial charge in [0.1, 0.15) is 0 Å². The second kappa shape index (κ2) is 9.95. The SMILES string of the molecule is CCCNCC(C)CN(CC)CCC#N. The van der Waals surface area contributed by atoms with Gasteiger partial charge in [-0.2, -0.15) is 5.26 Å². The zero-order valence-electron chi connectivity index (χ0n) is 10.4. The van der Waals surface area contributed by atoms with Crippen molar-refractivity contribution in [2.75, 3.05) is 32.7 Å². The Labute approximate surface area is 94.5 Å². The summed E-state index contributed by atoms with van der Waals surface area (Å²) in [6.07, 6.45) is 1.83. The Morgan fingerprint density at radius 2 is 2.13 bits per heavy atom. The summed E-state index contributed by atoms with van der Waals surface area (Å²) < 4.78 is 0. The van der Waals surface area contributed by atoms with E-state index in [1.165, 1.54) is 6.42 Å². The van der Waals surface area contributed by atoms with Crippen molar-refractivity contribution in [3.63, 3.8) is 0 Å². The largest absolute Gasteiger partial charge is 0.316 e. The van der Waals surface area contributed by atoms with Gasteiger partial charge in [-0.05, 0) is 32.0 Å². The smallest absolute Gasteiger partial charge is 0.0635 e. The van der Waals surface area contributed by atoms with Crippen LogP contribution >= 0.6 is 0 Å². The Bertz CT molecular complexity index is 174. The molecule has 1 unspecified atom stereocenters. The van der Waals surface area contributed by atoms with Crippen molar-refractivity contribution in [3.8, 4) is 6.07 Å². The fourth-order valence-corrected chi connectivity index (χ4v) is 1.62. The molecule has 0 aromatic carbocycles. The highest BCUT2D eigenvalue weighted by atomic mass is 15.1. The van der Waals surface area contributed by atoms with Gasteiger partial charge in [0, 0.05) is 19.5 Å². The molecule has 0 aliphatic heterocycles. The first-order valence-corrected chi connectivity index (χ1v) is 6.04. The Balaban J connectivity index is 3.61. The lowest BCUT2D eigenvalue weighted by Crippen LogP contribution is -2.34. The summed E-state index contributed by atoms with van der Waals surface area (Å²) in [4.78, 5) is 2.35. The molecule has 0 aliphatic carbocycles. The third-order valence-electron chi connectivity index (χ3n) is 2.48. The molecule has 1 atom stereocenters. The van der Waals surface area contributed by atoms with E-state index < -0.39 is 0 Å². The first-order chi connectivity index (χ1) is 7.24. The van der Waals surface area contributed by atoms with Gasteiger partial charge in [0.15, 0.2) is 0 Å². The number of hydrogen-bond donors (Lipinski definition) is 1. The van der Waals surface area contributed by atoms with E-state index in [0.717, 1.165) is 32.7 Å². The molecule has 0 radical (unpaired) electrons. The van der Waals surface area contributed by atoms with E-state index in [1.54, 1.807) is 0 Å². The van der Waals surface area contributed by atoms with Crippen LogP contribution < -0.4 is 5.32 Å². The van der Waals surface area contributed by atoms with Gasteiger partial charge < -0.3 is 10.2 Å². The van der Waals surface area contributed by atoms with Crippen LogP contribution in [-0.4, -0.2) is 37.6 Å². The number of nitriles is 1. The summed E-state index contributed by atoms with van der Waals surface area (Å²) >= 11 is 0. The maximum Gasteiger partial charge on any atom is 0.0635 e. The van der Waals surface area contributed by atoms with Crippen LogP contribution in [0.25, 0.3) is 0 Å². The number of nitrogens with zero attached hydrogens (tertiary/aromatic N) is 2. The standard InChI is InChI=1S/C12H25N3/c1-4-8-14-10-12(3)11-15(5-2)9-6-7-13/h12,14H,4-6,8-11H2,1-3H3. The molecule has 0 saturated heterocycles. The Hall–Kier alpha value is -0.590. The Morgan fingerprint density at radius 1 is 1.40 bits per heavy atom. The third kappa shape index (κ3) is 8.41. The van der Waals surface area contributed by atoms with Crippen LogP contribution in [-0.2, 0) is 0 Å².